The molecule has 0 spiro atoms. The summed E-state index contributed by atoms with van der Waals surface area (Å²) in [4.78, 5) is 24.2. The zero-order valence-electron chi connectivity index (χ0n) is 14.0. The average Bonchev–Trinajstić information content (AvgIpc) is 2.55. The van der Waals surface area contributed by atoms with Crippen molar-refractivity contribution in [2.75, 3.05) is 26.2 Å². The molecule has 1 aromatic heterocycles. The number of amides is 1. The van der Waals surface area contributed by atoms with E-state index in [2.05, 4.69) is 49.0 Å². The van der Waals surface area contributed by atoms with Gasteiger partial charge in [0.2, 0.25) is 5.91 Å². The lowest BCUT2D eigenvalue weighted by molar-refractivity contribution is -0.130. The molecule has 1 saturated heterocycles. The maximum absolute atomic E-state index is 11.4. The summed E-state index contributed by atoms with van der Waals surface area (Å²) < 4.78 is 1.04. The van der Waals surface area contributed by atoms with E-state index < -0.39 is 0 Å². The van der Waals surface area contributed by atoms with Gasteiger partial charge in [-0.15, -0.1) is 0 Å². The van der Waals surface area contributed by atoms with E-state index >= 15 is 0 Å². The molecule has 1 fully saturated rings. The molecule has 2 aromatic rings. The second-order valence-electron chi connectivity index (χ2n) is 6.14. The Morgan fingerprint density at radius 3 is 2.54 bits per heavy atom. The predicted molar refractivity (Wildman–Crippen MR) is 97.4 cm³/mol. The quantitative estimate of drug-likeness (QED) is 0.810. The first-order valence-corrected chi connectivity index (χ1v) is 8.87. The largest absolute Gasteiger partial charge is 0.340 e. The molecule has 0 saturated carbocycles. The molecule has 0 aliphatic carbocycles. The maximum atomic E-state index is 11.4. The third-order valence-electron chi connectivity index (χ3n) is 4.34. The van der Waals surface area contributed by atoms with Crippen LogP contribution in [0.5, 0.6) is 0 Å². The van der Waals surface area contributed by atoms with Gasteiger partial charge in [-0.1, -0.05) is 28.1 Å². The van der Waals surface area contributed by atoms with Crippen LogP contribution < -0.4 is 0 Å². The Balaban J connectivity index is 1.68. The smallest absolute Gasteiger partial charge is 0.219 e. The number of carbonyl (C=O) groups is 1. The van der Waals surface area contributed by atoms with E-state index in [1.807, 2.05) is 17.9 Å². The monoisotopic (exact) mass is 388 g/mol. The van der Waals surface area contributed by atoms with Gasteiger partial charge < -0.3 is 4.90 Å². The Hall–Kier alpha value is -1.79. The number of nitrogens with zero attached hydrogens (tertiary/aromatic N) is 4. The predicted octanol–water partition coefficient (Wildman–Crippen LogP) is 2.88. The van der Waals surface area contributed by atoms with Gasteiger partial charge in [-0.05, 0) is 24.6 Å². The van der Waals surface area contributed by atoms with Gasteiger partial charge in [0.25, 0.3) is 0 Å². The standard InChI is InChI=1S/C18H21BrN4O/c1-13-9-18(21-12-20-13)16-4-3-15(10-17(16)19)11-22-5-7-23(8-6-22)14(2)24/h3-4,9-10,12H,5-8,11H2,1-2H3. The number of halogens is 1. The van der Waals surface area contributed by atoms with E-state index in [9.17, 15) is 4.79 Å². The Morgan fingerprint density at radius 1 is 1.17 bits per heavy atom. The normalized spacial score (nSPS) is 15.5. The minimum absolute atomic E-state index is 0.168. The third-order valence-corrected chi connectivity index (χ3v) is 4.99. The van der Waals surface area contributed by atoms with Crippen LogP contribution >= 0.6 is 15.9 Å². The van der Waals surface area contributed by atoms with Crippen LogP contribution in [0.3, 0.4) is 0 Å². The van der Waals surface area contributed by atoms with E-state index in [4.69, 9.17) is 0 Å². The number of hydrogen-bond acceptors (Lipinski definition) is 4. The van der Waals surface area contributed by atoms with Gasteiger partial charge >= 0.3 is 0 Å². The minimum Gasteiger partial charge on any atom is -0.340 e. The SMILES string of the molecule is CC(=O)N1CCN(Cc2ccc(-c3cc(C)ncn3)c(Br)c2)CC1. The molecule has 1 aromatic carbocycles. The average molecular weight is 389 g/mol. The fourth-order valence-electron chi connectivity index (χ4n) is 2.95. The van der Waals surface area contributed by atoms with Crippen LogP contribution in [0.15, 0.2) is 35.1 Å². The molecule has 0 unspecified atom stereocenters. The van der Waals surface area contributed by atoms with Crippen molar-refractivity contribution < 1.29 is 4.79 Å². The first kappa shape index (κ1) is 17.0. The molecule has 0 atom stereocenters. The number of hydrogen-bond donors (Lipinski definition) is 0. The van der Waals surface area contributed by atoms with E-state index in [0.717, 1.165) is 54.1 Å². The Morgan fingerprint density at radius 2 is 1.92 bits per heavy atom. The molecule has 2 heterocycles. The van der Waals surface area contributed by atoms with E-state index in [-0.39, 0.29) is 5.91 Å². The third kappa shape index (κ3) is 3.99. The van der Waals surface area contributed by atoms with Crippen molar-refractivity contribution >= 4 is 21.8 Å². The van der Waals surface area contributed by atoms with Crippen molar-refractivity contribution in [1.29, 1.82) is 0 Å². The van der Waals surface area contributed by atoms with Gasteiger partial charge in [-0.25, -0.2) is 9.97 Å². The molecule has 0 N–H and O–H groups in total. The second-order valence-corrected chi connectivity index (χ2v) is 7.00. The Bertz CT molecular complexity index is 742. The van der Waals surface area contributed by atoms with Gasteiger partial charge in [-0.3, -0.25) is 9.69 Å². The molecular weight excluding hydrogens is 368 g/mol. The molecular formula is C18H21BrN4O. The van der Waals surface area contributed by atoms with Crippen LogP contribution in [-0.2, 0) is 11.3 Å². The fourth-order valence-corrected chi connectivity index (χ4v) is 3.57. The van der Waals surface area contributed by atoms with Gasteiger partial charge in [0.1, 0.15) is 6.33 Å². The number of carbonyl (C=O) groups excluding carboxylic acids is 1. The van der Waals surface area contributed by atoms with Crippen molar-refractivity contribution in [3.63, 3.8) is 0 Å². The van der Waals surface area contributed by atoms with Gasteiger partial charge in [0, 0.05) is 55.4 Å². The highest BCUT2D eigenvalue weighted by atomic mass is 79.9. The second kappa shape index (κ2) is 7.40. The van der Waals surface area contributed by atoms with Crippen LogP contribution in [0.2, 0.25) is 0 Å². The molecule has 1 amide bonds. The van der Waals surface area contributed by atoms with Crippen LogP contribution in [0.4, 0.5) is 0 Å². The summed E-state index contributed by atoms with van der Waals surface area (Å²) in [5.41, 5.74) is 4.22. The Labute approximate surface area is 150 Å². The van der Waals surface area contributed by atoms with Crippen LogP contribution in [0.25, 0.3) is 11.3 Å². The summed E-state index contributed by atoms with van der Waals surface area (Å²) in [5, 5.41) is 0. The number of aryl methyl sites for hydroxylation is 1. The minimum atomic E-state index is 0.168. The molecule has 126 valence electrons. The lowest BCUT2D eigenvalue weighted by Crippen LogP contribution is -2.47. The molecule has 0 radical (unpaired) electrons. The fraction of sp³-hybridized carbons (Fsp3) is 0.389. The number of benzene rings is 1. The van der Waals surface area contributed by atoms with Crippen molar-refractivity contribution in [1.82, 2.24) is 19.8 Å². The Kier molecular flexibility index (Phi) is 5.26. The number of piperazine rings is 1. The molecule has 1 aliphatic heterocycles. The molecule has 24 heavy (non-hydrogen) atoms. The summed E-state index contributed by atoms with van der Waals surface area (Å²) in [6.45, 7) is 7.97. The number of rotatable bonds is 3. The van der Waals surface area contributed by atoms with Crippen molar-refractivity contribution in [3.05, 3.63) is 46.3 Å². The lowest BCUT2D eigenvalue weighted by Gasteiger charge is -2.34. The molecule has 3 rings (SSSR count). The zero-order chi connectivity index (χ0) is 17.1. The number of aromatic nitrogens is 2. The lowest BCUT2D eigenvalue weighted by atomic mass is 10.1. The summed E-state index contributed by atoms with van der Waals surface area (Å²) in [5.74, 6) is 0.168. The van der Waals surface area contributed by atoms with Crippen molar-refractivity contribution in [2.45, 2.75) is 20.4 Å². The highest BCUT2D eigenvalue weighted by molar-refractivity contribution is 9.10. The first-order valence-electron chi connectivity index (χ1n) is 8.08. The van der Waals surface area contributed by atoms with E-state index in [1.165, 1.54) is 5.56 Å². The highest BCUT2D eigenvalue weighted by Crippen LogP contribution is 2.28. The van der Waals surface area contributed by atoms with E-state index in [0.29, 0.717) is 0 Å². The molecule has 6 heteroatoms. The van der Waals surface area contributed by atoms with Gasteiger partial charge in [0.15, 0.2) is 0 Å². The van der Waals surface area contributed by atoms with Crippen molar-refractivity contribution in [2.24, 2.45) is 0 Å². The maximum Gasteiger partial charge on any atom is 0.219 e. The molecule has 5 nitrogen and oxygen atoms in total. The summed E-state index contributed by atoms with van der Waals surface area (Å²) >= 11 is 3.67. The summed E-state index contributed by atoms with van der Waals surface area (Å²) in [6.07, 6.45) is 1.60. The zero-order valence-corrected chi connectivity index (χ0v) is 15.6. The molecule has 0 bridgehead atoms. The van der Waals surface area contributed by atoms with Crippen LogP contribution in [0.1, 0.15) is 18.2 Å². The summed E-state index contributed by atoms with van der Waals surface area (Å²) in [7, 11) is 0. The van der Waals surface area contributed by atoms with E-state index in [1.54, 1.807) is 13.3 Å². The van der Waals surface area contributed by atoms with Crippen molar-refractivity contribution in [3.8, 4) is 11.3 Å². The van der Waals surface area contributed by atoms with Crippen LogP contribution in [-0.4, -0.2) is 51.9 Å². The van der Waals surface area contributed by atoms with Gasteiger partial charge in [-0.2, -0.15) is 0 Å². The topological polar surface area (TPSA) is 49.3 Å². The highest BCUT2D eigenvalue weighted by Gasteiger charge is 2.18. The molecule has 1 aliphatic rings. The first-order chi connectivity index (χ1) is 11.5. The van der Waals surface area contributed by atoms with Gasteiger partial charge in [0.05, 0.1) is 5.69 Å². The summed E-state index contributed by atoms with van der Waals surface area (Å²) in [6, 6.07) is 8.40. The van der Waals surface area contributed by atoms with Crippen LogP contribution in [0, 0.1) is 6.92 Å².